The van der Waals surface area contributed by atoms with Crippen LogP contribution in [0.3, 0.4) is 0 Å². The normalized spacial score (nSPS) is 11.5. The van der Waals surface area contributed by atoms with Crippen LogP contribution in [-0.2, 0) is 6.54 Å². The van der Waals surface area contributed by atoms with E-state index >= 15 is 0 Å². The van der Waals surface area contributed by atoms with Gasteiger partial charge in [0.2, 0.25) is 0 Å². The van der Waals surface area contributed by atoms with Gasteiger partial charge in [0.1, 0.15) is 17.8 Å². The number of hydrogen-bond acceptors (Lipinski definition) is 4. The summed E-state index contributed by atoms with van der Waals surface area (Å²) in [6.45, 7) is 0.719. The minimum Gasteiger partial charge on any atom is -0.392 e. The first kappa shape index (κ1) is 9.67. The van der Waals surface area contributed by atoms with E-state index in [1.165, 1.54) is 6.33 Å². The Bertz CT molecular complexity index is 489. The molecule has 0 saturated heterocycles. The van der Waals surface area contributed by atoms with Crippen molar-refractivity contribution in [3.8, 4) is 0 Å². The van der Waals surface area contributed by atoms with Crippen LogP contribution in [0.15, 0.2) is 30.7 Å². The van der Waals surface area contributed by atoms with Crippen LogP contribution >= 0.6 is 0 Å². The van der Waals surface area contributed by atoms with Crippen molar-refractivity contribution in [2.24, 2.45) is 0 Å². The van der Waals surface area contributed by atoms with E-state index in [9.17, 15) is 0 Å². The van der Waals surface area contributed by atoms with Crippen LogP contribution in [0.25, 0.3) is 11.0 Å². The summed E-state index contributed by atoms with van der Waals surface area (Å²) in [6.07, 6.45) is 6.91. The number of aliphatic hydroxyl groups excluding tert-OH is 1. The van der Waals surface area contributed by atoms with E-state index in [1.54, 1.807) is 6.08 Å². The molecule has 15 heavy (non-hydrogen) atoms. The molecule has 0 saturated carbocycles. The summed E-state index contributed by atoms with van der Waals surface area (Å²) in [7, 11) is 0. The highest BCUT2D eigenvalue weighted by Crippen LogP contribution is 2.17. The second kappa shape index (κ2) is 4.10. The fraction of sp³-hybridized carbons (Fsp3) is 0.200. The maximum atomic E-state index is 8.61. The van der Waals surface area contributed by atoms with Crippen molar-refractivity contribution in [3.63, 3.8) is 0 Å². The van der Waals surface area contributed by atoms with E-state index in [-0.39, 0.29) is 6.61 Å². The topological polar surface area (TPSA) is 77.0 Å². The monoisotopic (exact) mass is 204 g/mol. The van der Waals surface area contributed by atoms with Crippen LogP contribution in [-0.4, -0.2) is 26.2 Å². The molecule has 0 aliphatic rings. The summed E-state index contributed by atoms with van der Waals surface area (Å²) >= 11 is 0. The lowest BCUT2D eigenvalue weighted by molar-refractivity contribution is 0.342. The number of nitrogen functional groups attached to an aromatic ring is 1. The van der Waals surface area contributed by atoms with Crippen LogP contribution < -0.4 is 5.73 Å². The predicted molar refractivity (Wildman–Crippen MR) is 58.2 cm³/mol. The maximum absolute atomic E-state index is 8.61. The molecule has 0 spiro atoms. The number of nitrogens with zero attached hydrogens (tertiary/aromatic N) is 3. The Morgan fingerprint density at radius 2 is 2.27 bits per heavy atom. The highest BCUT2D eigenvalue weighted by molar-refractivity contribution is 5.85. The van der Waals surface area contributed by atoms with Gasteiger partial charge in [-0.1, -0.05) is 12.2 Å². The van der Waals surface area contributed by atoms with Gasteiger partial charge >= 0.3 is 0 Å². The van der Waals surface area contributed by atoms with Crippen LogP contribution in [0, 0.1) is 0 Å². The van der Waals surface area contributed by atoms with Gasteiger partial charge in [0.15, 0.2) is 0 Å². The second-order valence-corrected chi connectivity index (χ2v) is 3.12. The third kappa shape index (κ3) is 1.82. The van der Waals surface area contributed by atoms with Gasteiger partial charge in [-0.05, 0) is 6.07 Å². The number of fused-ring (bicyclic) bond motifs is 1. The van der Waals surface area contributed by atoms with E-state index in [2.05, 4.69) is 9.97 Å². The third-order valence-electron chi connectivity index (χ3n) is 2.16. The quantitative estimate of drug-likeness (QED) is 0.716. The van der Waals surface area contributed by atoms with Crippen molar-refractivity contribution in [3.05, 3.63) is 30.7 Å². The number of aliphatic hydroxyl groups is 1. The van der Waals surface area contributed by atoms with Crippen LogP contribution in [0.1, 0.15) is 0 Å². The first-order chi connectivity index (χ1) is 7.33. The van der Waals surface area contributed by atoms with E-state index < -0.39 is 0 Å². The Morgan fingerprint density at radius 1 is 1.40 bits per heavy atom. The number of nitrogens with two attached hydrogens (primary N) is 1. The van der Waals surface area contributed by atoms with Gasteiger partial charge in [-0.15, -0.1) is 0 Å². The first-order valence-electron chi connectivity index (χ1n) is 4.64. The third-order valence-corrected chi connectivity index (χ3v) is 2.16. The average molecular weight is 204 g/mol. The molecule has 2 aromatic heterocycles. The SMILES string of the molecule is Nc1ncnc2c1ccn2CC=CCO. The van der Waals surface area contributed by atoms with Crippen molar-refractivity contribution in [1.29, 1.82) is 0 Å². The summed E-state index contributed by atoms with van der Waals surface area (Å²) in [5.41, 5.74) is 6.51. The largest absolute Gasteiger partial charge is 0.392 e. The Labute approximate surface area is 86.9 Å². The number of anilines is 1. The number of hydrogen-bond donors (Lipinski definition) is 2. The zero-order valence-corrected chi connectivity index (χ0v) is 8.17. The standard InChI is InChI=1S/C10H12N4O/c11-9-8-3-5-14(4-1-2-6-15)10(8)13-7-12-9/h1-3,5,7,15H,4,6H2,(H2,11,12,13). The smallest absolute Gasteiger partial charge is 0.145 e. The molecular weight excluding hydrogens is 192 g/mol. The Kier molecular flexibility index (Phi) is 2.64. The molecule has 0 aliphatic heterocycles. The highest BCUT2D eigenvalue weighted by Gasteiger charge is 2.03. The van der Waals surface area contributed by atoms with E-state index in [0.717, 1.165) is 11.0 Å². The number of rotatable bonds is 3. The van der Waals surface area contributed by atoms with E-state index in [0.29, 0.717) is 12.4 Å². The highest BCUT2D eigenvalue weighted by atomic mass is 16.2. The molecule has 0 radical (unpaired) electrons. The lowest BCUT2D eigenvalue weighted by Crippen LogP contribution is -1.97. The molecule has 0 unspecified atom stereocenters. The molecule has 0 aromatic carbocycles. The summed E-state index contributed by atoms with van der Waals surface area (Å²) in [5, 5.41) is 9.47. The molecule has 0 aliphatic carbocycles. The van der Waals surface area contributed by atoms with Crippen LogP contribution in [0.5, 0.6) is 0 Å². The molecule has 0 atom stereocenters. The van der Waals surface area contributed by atoms with Gasteiger partial charge < -0.3 is 15.4 Å². The van der Waals surface area contributed by atoms with Gasteiger partial charge in [-0.2, -0.15) is 0 Å². The van der Waals surface area contributed by atoms with Crippen LogP contribution in [0.4, 0.5) is 5.82 Å². The maximum Gasteiger partial charge on any atom is 0.145 e. The lowest BCUT2D eigenvalue weighted by Gasteiger charge is -2.00. The van der Waals surface area contributed by atoms with E-state index in [4.69, 9.17) is 10.8 Å². The number of allylic oxidation sites excluding steroid dienone is 1. The Balaban J connectivity index is 2.37. The van der Waals surface area contributed by atoms with Gasteiger partial charge in [-0.3, -0.25) is 0 Å². The molecule has 0 fully saturated rings. The summed E-state index contributed by atoms with van der Waals surface area (Å²) < 4.78 is 1.94. The van der Waals surface area contributed by atoms with Crippen molar-refractivity contribution in [2.45, 2.75) is 6.54 Å². The van der Waals surface area contributed by atoms with Gasteiger partial charge in [0.05, 0.1) is 12.0 Å². The molecule has 2 aromatic rings. The molecule has 3 N–H and O–H groups in total. The molecular formula is C10H12N4O. The van der Waals surface area contributed by atoms with Gasteiger partial charge in [0.25, 0.3) is 0 Å². The summed E-state index contributed by atoms with van der Waals surface area (Å²) in [6, 6.07) is 1.89. The predicted octanol–water partition coefficient (Wildman–Crippen LogP) is 0.562. The molecule has 0 amide bonds. The molecule has 78 valence electrons. The van der Waals surface area contributed by atoms with Gasteiger partial charge in [-0.25, -0.2) is 9.97 Å². The molecule has 2 heterocycles. The van der Waals surface area contributed by atoms with Crippen LogP contribution in [0.2, 0.25) is 0 Å². The van der Waals surface area contributed by atoms with Crippen molar-refractivity contribution < 1.29 is 5.11 Å². The van der Waals surface area contributed by atoms with Crippen molar-refractivity contribution >= 4 is 16.9 Å². The molecule has 5 heteroatoms. The van der Waals surface area contributed by atoms with Crippen molar-refractivity contribution in [2.75, 3.05) is 12.3 Å². The van der Waals surface area contributed by atoms with Gasteiger partial charge in [0, 0.05) is 12.7 Å². The number of aromatic nitrogens is 3. The Morgan fingerprint density at radius 3 is 3.07 bits per heavy atom. The first-order valence-corrected chi connectivity index (χ1v) is 4.64. The Hall–Kier alpha value is -1.88. The molecule has 2 rings (SSSR count). The zero-order chi connectivity index (χ0) is 10.7. The van der Waals surface area contributed by atoms with E-state index in [1.807, 2.05) is 22.9 Å². The summed E-state index contributed by atoms with van der Waals surface area (Å²) in [4.78, 5) is 8.07. The molecule has 5 nitrogen and oxygen atoms in total. The molecule has 0 bridgehead atoms. The minimum atomic E-state index is 0.0519. The fourth-order valence-electron chi connectivity index (χ4n) is 1.43. The zero-order valence-electron chi connectivity index (χ0n) is 8.17. The fourth-order valence-corrected chi connectivity index (χ4v) is 1.43. The average Bonchev–Trinajstić information content (AvgIpc) is 2.64. The summed E-state index contributed by atoms with van der Waals surface area (Å²) in [5.74, 6) is 0.491. The van der Waals surface area contributed by atoms with Crippen molar-refractivity contribution in [1.82, 2.24) is 14.5 Å². The lowest BCUT2D eigenvalue weighted by atomic mass is 10.4. The minimum absolute atomic E-state index is 0.0519. The second-order valence-electron chi connectivity index (χ2n) is 3.12.